The average Bonchev–Trinajstić information content (AvgIpc) is 2.91. The van der Waals surface area contributed by atoms with Gasteiger partial charge in [0.1, 0.15) is 11.5 Å². The van der Waals surface area contributed by atoms with Gasteiger partial charge in [-0.3, -0.25) is 4.79 Å². The molecule has 0 aliphatic carbocycles. The van der Waals surface area contributed by atoms with Gasteiger partial charge < -0.3 is 15.2 Å². The fourth-order valence-electron chi connectivity index (χ4n) is 2.13. The Kier molecular flexibility index (Phi) is 4.86. The van der Waals surface area contributed by atoms with Crippen molar-refractivity contribution in [2.45, 2.75) is 6.92 Å². The predicted molar refractivity (Wildman–Crippen MR) is 96.5 cm³/mol. The summed E-state index contributed by atoms with van der Waals surface area (Å²) in [5.74, 6) is 0.688. The van der Waals surface area contributed by atoms with Crippen LogP contribution in [-0.2, 0) is 4.79 Å². The van der Waals surface area contributed by atoms with Gasteiger partial charge in [-0.05, 0) is 55.1 Å². The number of amidine groups is 1. The van der Waals surface area contributed by atoms with Crippen molar-refractivity contribution in [2.24, 2.45) is 4.99 Å². The van der Waals surface area contributed by atoms with Gasteiger partial charge >= 0.3 is 0 Å². The second-order valence-corrected chi connectivity index (χ2v) is 6.00. The summed E-state index contributed by atoms with van der Waals surface area (Å²) in [6, 6.07) is 14.2. The molecule has 1 aliphatic rings. The molecule has 24 heavy (non-hydrogen) atoms. The second kappa shape index (κ2) is 7.23. The number of amides is 1. The Morgan fingerprint density at radius 2 is 1.96 bits per heavy atom. The lowest BCUT2D eigenvalue weighted by Crippen LogP contribution is -2.19. The highest BCUT2D eigenvalue weighted by molar-refractivity contribution is 8.18. The number of benzene rings is 2. The quantitative estimate of drug-likeness (QED) is 0.833. The van der Waals surface area contributed by atoms with Crippen LogP contribution in [0.5, 0.6) is 11.5 Å². The molecule has 0 bridgehead atoms. The van der Waals surface area contributed by atoms with Gasteiger partial charge in [-0.2, -0.15) is 0 Å². The van der Waals surface area contributed by atoms with Crippen LogP contribution in [-0.4, -0.2) is 22.8 Å². The Morgan fingerprint density at radius 3 is 2.67 bits per heavy atom. The highest BCUT2D eigenvalue weighted by atomic mass is 32.2. The summed E-state index contributed by atoms with van der Waals surface area (Å²) in [4.78, 5) is 16.9. The molecule has 0 unspecified atom stereocenters. The first-order valence-electron chi connectivity index (χ1n) is 7.46. The van der Waals surface area contributed by atoms with Crippen LogP contribution >= 0.6 is 11.8 Å². The van der Waals surface area contributed by atoms with Crippen LogP contribution in [0.15, 0.2) is 58.4 Å². The summed E-state index contributed by atoms with van der Waals surface area (Å²) >= 11 is 1.24. The summed E-state index contributed by atoms with van der Waals surface area (Å²) in [5, 5.41) is 13.0. The molecule has 3 rings (SSSR count). The van der Waals surface area contributed by atoms with Crippen LogP contribution in [0.3, 0.4) is 0 Å². The fourth-order valence-corrected chi connectivity index (χ4v) is 2.96. The average molecular weight is 340 g/mol. The first kappa shape index (κ1) is 16.1. The zero-order chi connectivity index (χ0) is 16.9. The second-order valence-electron chi connectivity index (χ2n) is 4.97. The number of thioether (sulfide) groups is 1. The number of nitrogens with one attached hydrogen (secondary N) is 1. The van der Waals surface area contributed by atoms with Crippen LogP contribution in [0.2, 0.25) is 0 Å². The highest BCUT2D eigenvalue weighted by Crippen LogP contribution is 2.30. The summed E-state index contributed by atoms with van der Waals surface area (Å²) < 4.78 is 5.39. The molecule has 0 aromatic heterocycles. The van der Waals surface area contributed by atoms with Gasteiger partial charge in [0.05, 0.1) is 17.2 Å². The molecule has 2 aromatic carbocycles. The van der Waals surface area contributed by atoms with Crippen LogP contribution in [0.25, 0.3) is 6.08 Å². The van der Waals surface area contributed by atoms with E-state index >= 15 is 0 Å². The van der Waals surface area contributed by atoms with E-state index in [-0.39, 0.29) is 11.7 Å². The summed E-state index contributed by atoms with van der Waals surface area (Å²) in [5.41, 5.74) is 1.32. The van der Waals surface area contributed by atoms with Crippen LogP contribution < -0.4 is 10.1 Å². The first-order valence-corrected chi connectivity index (χ1v) is 8.28. The molecule has 6 heteroatoms. The van der Waals surface area contributed by atoms with Crippen molar-refractivity contribution in [3.63, 3.8) is 0 Å². The number of aliphatic imine (C=N–C) groups is 1. The number of hydrogen-bond acceptors (Lipinski definition) is 5. The number of nitrogens with zero attached hydrogens (tertiary/aromatic N) is 1. The van der Waals surface area contributed by atoms with Crippen molar-refractivity contribution in [2.75, 3.05) is 6.61 Å². The monoisotopic (exact) mass is 340 g/mol. The van der Waals surface area contributed by atoms with Crippen LogP contribution in [0.4, 0.5) is 5.69 Å². The van der Waals surface area contributed by atoms with Gasteiger partial charge in [0.2, 0.25) is 0 Å². The number of hydrogen-bond donors (Lipinski definition) is 2. The number of phenols is 1. The van der Waals surface area contributed by atoms with Crippen molar-refractivity contribution >= 4 is 34.6 Å². The Balaban J connectivity index is 1.78. The van der Waals surface area contributed by atoms with Gasteiger partial charge in [-0.25, -0.2) is 4.99 Å². The molecule has 0 radical (unpaired) electrons. The molecule has 1 saturated heterocycles. The van der Waals surface area contributed by atoms with E-state index in [0.717, 1.165) is 11.4 Å². The number of carbonyl (C=O) groups is 1. The van der Waals surface area contributed by atoms with Gasteiger partial charge in [0.25, 0.3) is 5.91 Å². The van der Waals surface area contributed by atoms with Crippen LogP contribution in [0, 0.1) is 0 Å². The molecule has 122 valence electrons. The summed E-state index contributed by atoms with van der Waals surface area (Å²) in [7, 11) is 0. The minimum atomic E-state index is -0.229. The van der Waals surface area contributed by atoms with E-state index in [1.54, 1.807) is 30.3 Å². The van der Waals surface area contributed by atoms with E-state index < -0.39 is 0 Å². The lowest BCUT2D eigenvalue weighted by Gasteiger charge is -2.02. The molecule has 2 aromatic rings. The zero-order valence-electron chi connectivity index (χ0n) is 13.0. The zero-order valence-corrected chi connectivity index (χ0v) is 13.8. The van der Waals surface area contributed by atoms with Crippen molar-refractivity contribution in [3.05, 3.63) is 59.0 Å². The number of para-hydroxylation sites is 1. The number of ether oxygens (including phenoxy) is 1. The summed E-state index contributed by atoms with van der Waals surface area (Å²) in [6.07, 6.45) is 1.65. The molecule has 1 amide bonds. The third-order valence-electron chi connectivity index (χ3n) is 3.25. The SMILES string of the molecule is CCOc1ccc(N=C2NC(=O)/C(=C/c3ccccc3O)S2)cc1. The van der Waals surface area contributed by atoms with E-state index in [9.17, 15) is 9.90 Å². The maximum Gasteiger partial charge on any atom is 0.264 e. The number of aromatic hydroxyl groups is 1. The van der Waals surface area contributed by atoms with Crippen molar-refractivity contribution in [3.8, 4) is 11.5 Å². The minimum absolute atomic E-state index is 0.135. The van der Waals surface area contributed by atoms with Crippen molar-refractivity contribution in [1.82, 2.24) is 5.32 Å². The molecule has 5 nitrogen and oxygen atoms in total. The maximum absolute atomic E-state index is 12.0. The fraction of sp³-hybridized carbons (Fsp3) is 0.111. The summed E-state index contributed by atoms with van der Waals surface area (Å²) in [6.45, 7) is 2.54. The normalized spacial score (nSPS) is 17.3. The lowest BCUT2D eigenvalue weighted by atomic mass is 10.2. The Bertz CT molecular complexity index is 813. The lowest BCUT2D eigenvalue weighted by molar-refractivity contribution is -0.115. The molecule has 2 N–H and O–H groups in total. The first-order chi connectivity index (χ1) is 11.7. The largest absolute Gasteiger partial charge is 0.507 e. The Morgan fingerprint density at radius 1 is 1.21 bits per heavy atom. The van der Waals surface area contributed by atoms with Gasteiger partial charge in [-0.15, -0.1) is 0 Å². The Hall–Kier alpha value is -2.73. The molecule has 1 fully saturated rings. The predicted octanol–water partition coefficient (Wildman–Crippen LogP) is 3.68. The molecule has 0 spiro atoms. The van der Waals surface area contributed by atoms with Crippen molar-refractivity contribution < 1.29 is 14.6 Å². The van der Waals surface area contributed by atoms with E-state index in [4.69, 9.17) is 4.74 Å². The van der Waals surface area contributed by atoms with E-state index in [2.05, 4.69) is 10.3 Å². The third kappa shape index (κ3) is 3.78. The highest BCUT2D eigenvalue weighted by Gasteiger charge is 2.24. The molecular weight excluding hydrogens is 324 g/mol. The third-order valence-corrected chi connectivity index (χ3v) is 4.16. The molecule has 0 saturated carbocycles. The standard InChI is InChI=1S/C18H16N2O3S/c1-2-23-14-9-7-13(8-10-14)19-18-20-17(22)16(24-18)11-12-5-3-4-6-15(12)21/h3-11,21H,2H2,1H3,(H,19,20,22)/b16-11-. The smallest absolute Gasteiger partial charge is 0.264 e. The number of phenolic OH excluding ortho intramolecular Hbond substituents is 1. The van der Waals surface area contributed by atoms with Gasteiger partial charge in [0, 0.05) is 5.56 Å². The van der Waals surface area contributed by atoms with Gasteiger partial charge in [0.15, 0.2) is 5.17 Å². The molecule has 1 heterocycles. The van der Waals surface area contributed by atoms with E-state index in [1.807, 2.05) is 31.2 Å². The van der Waals surface area contributed by atoms with Crippen LogP contribution in [0.1, 0.15) is 12.5 Å². The molecule has 0 atom stereocenters. The van der Waals surface area contributed by atoms with Gasteiger partial charge in [-0.1, -0.05) is 18.2 Å². The molecule has 1 aliphatic heterocycles. The molecular formula is C18H16N2O3S. The topological polar surface area (TPSA) is 70.9 Å². The van der Waals surface area contributed by atoms with E-state index in [0.29, 0.717) is 22.2 Å². The number of rotatable bonds is 4. The minimum Gasteiger partial charge on any atom is -0.507 e. The number of carbonyl (C=O) groups excluding carboxylic acids is 1. The van der Waals surface area contributed by atoms with Crippen molar-refractivity contribution in [1.29, 1.82) is 0 Å². The van der Waals surface area contributed by atoms with E-state index in [1.165, 1.54) is 11.8 Å². The Labute approximate surface area is 144 Å². The maximum atomic E-state index is 12.0.